The number of carbonyl (C=O) groups excluding carboxylic acids is 1. The van der Waals surface area contributed by atoms with E-state index in [1.807, 2.05) is 13.8 Å². The van der Waals surface area contributed by atoms with Crippen molar-refractivity contribution in [3.8, 4) is 0 Å². The number of aromatic nitrogens is 2. The minimum absolute atomic E-state index is 0.0731. The number of hydrogen-bond donors (Lipinski definition) is 2. The van der Waals surface area contributed by atoms with E-state index >= 15 is 0 Å². The van der Waals surface area contributed by atoms with E-state index in [1.54, 1.807) is 23.6 Å². The lowest BCUT2D eigenvalue weighted by Crippen LogP contribution is -2.57. The van der Waals surface area contributed by atoms with Gasteiger partial charge in [-0.1, -0.05) is 13.8 Å². The summed E-state index contributed by atoms with van der Waals surface area (Å²) in [5.41, 5.74) is 3.23. The van der Waals surface area contributed by atoms with E-state index < -0.39 is 35.6 Å². The number of nitrogens with two attached hydrogens (primary N) is 1. The maximum absolute atomic E-state index is 13.7. The van der Waals surface area contributed by atoms with E-state index in [4.69, 9.17) is 15.9 Å². The highest BCUT2D eigenvalue weighted by molar-refractivity contribution is 6.07. The van der Waals surface area contributed by atoms with Gasteiger partial charge in [0, 0.05) is 60.6 Å². The number of nitrogens with zero attached hydrogens (tertiary/aromatic N) is 4. The Hall–Kier alpha value is -3.84. The van der Waals surface area contributed by atoms with Crippen LogP contribution in [0.1, 0.15) is 75.6 Å². The molecular formula is C29H36F6N6O2. The highest BCUT2D eigenvalue weighted by Crippen LogP contribution is 2.38. The lowest BCUT2D eigenvalue weighted by Gasteiger charge is -2.47. The number of ether oxygens (including phenoxy) is 1. The van der Waals surface area contributed by atoms with Gasteiger partial charge >= 0.3 is 18.4 Å². The van der Waals surface area contributed by atoms with E-state index in [1.165, 1.54) is 18.6 Å². The molecule has 0 radical (unpaired) electrons. The van der Waals surface area contributed by atoms with Crippen molar-refractivity contribution in [3.63, 3.8) is 0 Å². The van der Waals surface area contributed by atoms with Gasteiger partial charge in [-0.05, 0) is 63.3 Å². The van der Waals surface area contributed by atoms with Crippen molar-refractivity contribution in [2.24, 2.45) is 5.73 Å². The number of amides is 1. The van der Waals surface area contributed by atoms with Crippen molar-refractivity contribution in [2.75, 3.05) is 4.90 Å². The molecule has 1 aliphatic heterocycles. The van der Waals surface area contributed by atoms with Crippen molar-refractivity contribution >= 4 is 23.8 Å². The molecule has 1 saturated heterocycles. The number of hydrogen-bond acceptors (Lipinski definition) is 7. The number of likely N-dealkylation sites (tertiary alicyclic amines) is 1. The van der Waals surface area contributed by atoms with Crippen LogP contribution in [-0.4, -0.2) is 51.4 Å². The highest BCUT2D eigenvalue weighted by atomic mass is 19.4. The fourth-order valence-electron chi connectivity index (χ4n) is 5.31. The number of anilines is 1. The Morgan fingerprint density at radius 1 is 1.05 bits per heavy atom. The standard InChI is InChI=1S/C29H36F6N6O2/c1-5-23-10-25(11-24(6-2)41(23)27(42)43-17(3)4)40(26-38-14-20(15-39-26)19(12-36)13-37)16-18-7-21(28(30,31)32)9-22(8-18)29(33,34)35/h7-9,12-15,17,23-25,36H,5-6,10-11,16,37H2,1-4H3/b19-13+,36-12?/t23-,24?,25?/m1/s1. The second kappa shape index (κ2) is 13.6. The molecule has 2 aromatic rings. The van der Waals surface area contributed by atoms with Crippen LogP contribution in [0.3, 0.4) is 0 Å². The van der Waals surface area contributed by atoms with Gasteiger partial charge in [0.25, 0.3) is 0 Å². The molecule has 1 aromatic heterocycles. The molecule has 236 valence electrons. The third kappa shape index (κ3) is 8.17. The van der Waals surface area contributed by atoms with Crippen molar-refractivity contribution < 1.29 is 35.9 Å². The summed E-state index contributed by atoms with van der Waals surface area (Å²) in [4.78, 5) is 25.0. The van der Waals surface area contributed by atoms with Crippen LogP contribution in [0.4, 0.5) is 37.1 Å². The summed E-state index contributed by atoms with van der Waals surface area (Å²) in [6, 6.07) is 0.424. The van der Waals surface area contributed by atoms with Gasteiger partial charge in [0.1, 0.15) is 0 Å². The van der Waals surface area contributed by atoms with Gasteiger partial charge in [-0.3, -0.25) is 0 Å². The van der Waals surface area contributed by atoms with Crippen molar-refractivity contribution in [2.45, 2.75) is 96.5 Å². The molecule has 14 heteroatoms. The Labute approximate surface area is 246 Å². The summed E-state index contributed by atoms with van der Waals surface area (Å²) in [7, 11) is 0. The minimum Gasteiger partial charge on any atom is -0.447 e. The summed E-state index contributed by atoms with van der Waals surface area (Å²) in [5.74, 6) is 0.0731. The fourth-order valence-corrected chi connectivity index (χ4v) is 5.31. The first kappa shape index (κ1) is 33.7. The number of nitrogens with one attached hydrogen (secondary N) is 1. The molecule has 1 aliphatic rings. The normalized spacial score (nSPS) is 19.8. The first-order valence-corrected chi connectivity index (χ1v) is 13.9. The zero-order valence-electron chi connectivity index (χ0n) is 24.3. The predicted octanol–water partition coefficient (Wildman–Crippen LogP) is 7.04. The summed E-state index contributed by atoms with van der Waals surface area (Å²) in [6.07, 6.45) is -4.07. The van der Waals surface area contributed by atoms with Crippen LogP contribution in [0, 0.1) is 5.41 Å². The molecule has 2 heterocycles. The van der Waals surface area contributed by atoms with Crippen molar-refractivity contribution in [1.82, 2.24) is 14.9 Å². The summed E-state index contributed by atoms with van der Waals surface area (Å²) >= 11 is 0. The Bertz CT molecular complexity index is 1250. The van der Waals surface area contributed by atoms with Gasteiger partial charge in [0.15, 0.2) is 0 Å². The van der Waals surface area contributed by atoms with E-state index in [-0.39, 0.29) is 42.3 Å². The number of rotatable bonds is 9. The maximum atomic E-state index is 13.7. The first-order chi connectivity index (χ1) is 20.1. The smallest absolute Gasteiger partial charge is 0.416 e. The number of carbonyl (C=O) groups is 1. The van der Waals surface area contributed by atoms with Crippen LogP contribution in [0.15, 0.2) is 36.8 Å². The Kier molecular flexibility index (Phi) is 10.7. The molecular weight excluding hydrogens is 578 g/mol. The van der Waals surface area contributed by atoms with Crippen LogP contribution in [0.25, 0.3) is 5.57 Å². The van der Waals surface area contributed by atoms with Crippen LogP contribution in [-0.2, 0) is 23.6 Å². The first-order valence-electron chi connectivity index (χ1n) is 13.9. The van der Waals surface area contributed by atoms with Crippen LogP contribution >= 0.6 is 0 Å². The predicted molar refractivity (Wildman–Crippen MR) is 150 cm³/mol. The summed E-state index contributed by atoms with van der Waals surface area (Å²) < 4.78 is 87.4. The lowest BCUT2D eigenvalue weighted by molar-refractivity contribution is -0.143. The molecule has 0 saturated carbocycles. The average Bonchev–Trinajstić information content (AvgIpc) is 2.94. The SMILES string of the molecule is CCC1CC(N(Cc2cc(C(F)(F)F)cc(C(F)(F)F)c2)c2ncc(/C(C=N)=C/N)cn2)C[C@@H](CC)N1C(=O)OC(C)C. The van der Waals surface area contributed by atoms with E-state index in [0.717, 1.165) is 6.21 Å². The topological polar surface area (TPSA) is 108 Å². The molecule has 2 unspecified atom stereocenters. The Balaban J connectivity index is 2.11. The zero-order chi connectivity index (χ0) is 32.1. The molecule has 0 bridgehead atoms. The Morgan fingerprint density at radius 2 is 1.56 bits per heavy atom. The molecule has 3 rings (SSSR count). The molecule has 8 nitrogen and oxygen atoms in total. The average molecular weight is 615 g/mol. The molecule has 0 aliphatic carbocycles. The number of benzene rings is 1. The van der Waals surface area contributed by atoms with Gasteiger partial charge < -0.3 is 25.7 Å². The van der Waals surface area contributed by atoms with E-state index in [0.29, 0.717) is 49.0 Å². The molecule has 1 aromatic carbocycles. The van der Waals surface area contributed by atoms with Gasteiger partial charge in [-0.25, -0.2) is 14.8 Å². The molecule has 43 heavy (non-hydrogen) atoms. The van der Waals surface area contributed by atoms with Gasteiger partial charge in [0.05, 0.1) is 17.2 Å². The van der Waals surface area contributed by atoms with Crippen LogP contribution < -0.4 is 10.6 Å². The molecule has 1 amide bonds. The fraction of sp³-hybridized carbons (Fsp3) is 0.517. The largest absolute Gasteiger partial charge is 0.447 e. The number of halogens is 6. The van der Waals surface area contributed by atoms with E-state index in [2.05, 4.69) is 9.97 Å². The molecule has 3 N–H and O–H groups in total. The van der Waals surface area contributed by atoms with Gasteiger partial charge in [-0.2, -0.15) is 26.3 Å². The zero-order valence-corrected chi connectivity index (χ0v) is 24.3. The van der Waals surface area contributed by atoms with E-state index in [9.17, 15) is 31.1 Å². The van der Waals surface area contributed by atoms with Crippen molar-refractivity contribution in [1.29, 1.82) is 5.41 Å². The summed E-state index contributed by atoms with van der Waals surface area (Å²) in [6.45, 7) is 6.91. The third-order valence-corrected chi connectivity index (χ3v) is 7.37. The highest BCUT2D eigenvalue weighted by Gasteiger charge is 2.41. The van der Waals surface area contributed by atoms with Gasteiger partial charge in [0.2, 0.25) is 5.95 Å². The van der Waals surface area contributed by atoms with Crippen molar-refractivity contribution in [3.05, 3.63) is 59.0 Å². The Morgan fingerprint density at radius 3 is 1.95 bits per heavy atom. The van der Waals surface area contributed by atoms with Crippen LogP contribution in [0.5, 0.6) is 0 Å². The quantitative estimate of drug-likeness (QED) is 0.232. The number of alkyl halides is 6. The van der Waals surface area contributed by atoms with Gasteiger partial charge in [-0.15, -0.1) is 0 Å². The van der Waals surface area contributed by atoms with Crippen LogP contribution in [0.2, 0.25) is 0 Å². The summed E-state index contributed by atoms with van der Waals surface area (Å²) in [5, 5.41) is 7.50. The number of piperidine rings is 1. The second-order valence-electron chi connectivity index (χ2n) is 10.7. The minimum atomic E-state index is -5.00. The molecule has 3 atom stereocenters. The molecule has 0 spiro atoms. The maximum Gasteiger partial charge on any atom is 0.416 e. The third-order valence-electron chi connectivity index (χ3n) is 7.37. The second-order valence-corrected chi connectivity index (χ2v) is 10.7. The monoisotopic (exact) mass is 614 g/mol. The lowest BCUT2D eigenvalue weighted by atomic mass is 9.87. The molecule has 1 fully saturated rings. The number of allylic oxidation sites excluding steroid dienone is 1.